The summed E-state index contributed by atoms with van der Waals surface area (Å²) in [6.07, 6.45) is 0.220. The number of nitrogens with one attached hydrogen (secondary N) is 1. The molecule has 2 heterocycles. The number of hydrogen-bond donors (Lipinski definition) is 1. The molecule has 0 spiro atoms. The highest BCUT2D eigenvalue weighted by atomic mass is 35.5. The summed E-state index contributed by atoms with van der Waals surface area (Å²) in [5.74, 6) is 0.0925. The molecular weight excluding hydrogens is 180 g/mol. The number of halogens is 1. The summed E-state index contributed by atoms with van der Waals surface area (Å²) in [7, 11) is 1.84. The minimum absolute atomic E-state index is 0. The number of likely N-dealkylation sites (N-methyl/N-ethyl adjacent to an activating group) is 1. The van der Waals surface area contributed by atoms with Gasteiger partial charge < -0.3 is 15.0 Å². The number of carbonyl (C=O) groups is 1. The smallest absolute Gasteiger partial charge is 0.248 e. The Bertz CT molecular complexity index is 188. The molecule has 0 bridgehead atoms. The molecule has 2 aliphatic rings. The summed E-state index contributed by atoms with van der Waals surface area (Å²) < 4.78 is 5.33. The van der Waals surface area contributed by atoms with Crippen LogP contribution < -0.4 is 5.32 Å². The first-order valence-electron chi connectivity index (χ1n) is 3.87. The van der Waals surface area contributed by atoms with Gasteiger partial charge in [-0.25, -0.2) is 0 Å². The number of ether oxygens (including phenoxy) is 1. The average Bonchev–Trinajstić information content (AvgIpc) is 2.45. The first kappa shape index (κ1) is 9.77. The Morgan fingerprint density at radius 2 is 2.33 bits per heavy atom. The molecule has 0 unspecified atom stereocenters. The average molecular weight is 193 g/mol. The van der Waals surface area contributed by atoms with Crippen LogP contribution >= 0.6 is 12.4 Å². The SMILES string of the molecule is CN1C(=O)CO[C@@H]2CNC[C@@H]21.Cl. The molecule has 0 radical (unpaired) electrons. The van der Waals surface area contributed by atoms with Crippen molar-refractivity contribution in [3.8, 4) is 0 Å². The molecule has 4 nitrogen and oxygen atoms in total. The van der Waals surface area contributed by atoms with Gasteiger partial charge in [-0.3, -0.25) is 4.79 Å². The molecule has 5 heteroatoms. The number of morpholine rings is 1. The minimum atomic E-state index is 0. The largest absolute Gasteiger partial charge is 0.365 e. The molecule has 0 saturated carbocycles. The van der Waals surface area contributed by atoms with Gasteiger partial charge in [-0.1, -0.05) is 0 Å². The molecule has 0 aromatic heterocycles. The van der Waals surface area contributed by atoms with Crippen LogP contribution in [0, 0.1) is 0 Å². The van der Waals surface area contributed by atoms with E-state index < -0.39 is 0 Å². The normalized spacial score (nSPS) is 34.4. The predicted octanol–water partition coefficient (Wildman–Crippen LogP) is -0.763. The Morgan fingerprint density at radius 1 is 1.58 bits per heavy atom. The van der Waals surface area contributed by atoms with E-state index >= 15 is 0 Å². The van der Waals surface area contributed by atoms with E-state index in [0.29, 0.717) is 0 Å². The maximum atomic E-state index is 11.1. The van der Waals surface area contributed by atoms with E-state index in [1.54, 1.807) is 4.90 Å². The van der Waals surface area contributed by atoms with Gasteiger partial charge >= 0.3 is 0 Å². The number of carbonyl (C=O) groups excluding carboxylic acids is 1. The zero-order valence-corrected chi connectivity index (χ0v) is 7.76. The van der Waals surface area contributed by atoms with Gasteiger partial charge in [-0.05, 0) is 0 Å². The van der Waals surface area contributed by atoms with Gasteiger partial charge in [0.1, 0.15) is 6.61 Å². The second-order valence-electron chi connectivity index (χ2n) is 3.08. The van der Waals surface area contributed by atoms with Crippen molar-refractivity contribution in [2.24, 2.45) is 0 Å². The van der Waals surface area contributed by atoms with Gasteiger partial charge in [-0.15, -0.1) is 12.4 Å². The first-order valence-corrected chi connectivity index (χ1v) is 3.87. The third kappa shape index (κ3) is 1.42. The van der Waals surface area contributed by atoms with Crippen LogP contribution in [-0.4, -0.2) is 49.7 Å². The van der Waals surface area contributed by atoms with Crippen molar-refractivity contribution in [2.75, 3.05) is 26.7 Å². The summed E-state index contributed by atoms with van der Waals surface area (Å²) >= 11 is 0. The molecule has 0 aliphatic carbocycles. The molecular formula is C7H13ClN2O2. The second-order valence-corrected chi connectivity index (χ2v) is 3.08. The fourth-order valence-corrected chi connectivity index (χ4v) is 1.66. The fraction of sp³-hybridized carbons (Fsp3) is 0.857. The third-order valence-electron chi connectivity index (χ3n) is 2.44. The van der Waals surface area contributed by atoms with Gasteiger partial charge in [0.05, 0.1) is 12.1 Å². The minimum Gasteiger partial charge on any atom is -0.365 e. The summed E-state index contributed by atoms with van der Waals surface area (Å²) in [6, 6.07) is 0.260. The summed E-state index contributed by atoms with van der Waals surface area (Å²) in [6.45, 7) is 1.99. The van der Waals surface area contributed by atoms with Crippen LogP contribution in [0.3, 0.4) is 0 Å². The zero-order valence-electron chi connectivity index (χ0n) is 6.95. The summed E-state index contributed by atoms with van der Waals surface area (Å²) in [4.78, 5) is 12.9. The Labute approximate surface area is 77.7 Å². The van der Waals surface area contributed by atoms with Crippen LogP contribution in [0.4, 0.5) is 0 Å². The van der Waals surface area contributed by atoms with Crippen molar-refractivity contribution in [1.82, 2.24) is 10.2 Å². The highest BCUT2D eigenvalue weighted by molar-refractivity contribution is 5.85. The van der Waals surface area contributed by atoms with Crippen LogP contribution in [0.1, 0.15) is 0 Å². The van der Waals surface area contributed by atoms with E-state index in [-0.39, 0.29) is 37.1 Å². The molecule has 2 atom stereocenters. The van der Waals surface area contributed by atoms with Crippen LogP contribution in [0.25, 0.3) is 0 Å². The lowest BCUT2D eigenvalue weighted by Gasteiger charge is -2.33. The van der Waals surface area contributed by atoms with E-state index in [4.69, 9.17) is 4.74 Å². The van der Waals surface area contributed by atoms with Crippen molar-refractivity contribution >= 4 is 18.3 Å². The van der Waals surface area contributed by atoms with E-state index in [1.807, 2.05) is 7.05 Å². The monoisotopic (exact) mass is 192 g/mol. The van der Waals surface area contributed by atoms with Crippen molar-refractivity contribution in [3.05, 3.63) is 0 Å². The Kier molecular flexibility index (Phi) is 2.93. The summed E-state index contributed by atoms with van der Waals surface area (Å²) in [5, 5.41) is 3.20. The number of hydrogen-bond acceptors (Lipinski definition) is 3. The molecule has 0 aromatic rings. The molecule has 2 saturated heterocycles. The third-order valence-corrected chi connectivity index (χ3v) is 2.44. The summed E-state index contributed by atoms with van der Waals surface area (Å²) in [5.41, 5.74) is 0. The maximum Gasteiger partial charge on any atom is 0.248 e. The lowest BCUT2D eigenvalue weighted by molar-refractivity contribution is -0.150. The number of nitrogens with zero attached hydrogens (tertiary/aromatic N) is 1. The molecule has 2 rings (SSSR count). The van der Waals surface area contributed by atoms with Crippen LogP contribution in [0.2, 0.25) is 0 Å². The standard InChI is InChI=1S/C7H12N2O2.ClH/c1-9-5-2-8-3-6(5)11-4-7(9)10;/h5-6,8H,2-4H2,1H3;1H/t5-,6+;/m0./s1. The quantitative estimate of drug-likeness (QED) is 0.549. The zero-order chi connectivity index (χ0) is 7.84. The lowest BCUT2D eigenvalue weighted by atomic mass is 10.1. The van der Waals surface area contributed by atoms with Crippen LogP contribution in [0.5, 0.6) is 0 Å². The fourth-order valence-electron chi connectivity index (χ4n) is 1.66. The van der Waals surface area contributed by atoms with Crippen LogP contribution in [0.15, 0.2) is 0 Å². The van der Waals surface area contributed by atoms with Crippen molar-refractivity contribution in [2.45, 2.75) is 12.1 Å². The predicted molar refractivity (Wildman–Crippen MR) is 46.4 cm³/mol. The highest BCUT2D eigenvalue weighted by Gasteiger charge is 2.37. The second kappa shape index (κ2) is 3.60. The lowest BCUT2D eigenvalue weighted by Crippen LogP contribution is -2.51. The van der Waals surface area contributed by atoms with E-state index in [2.05, 4.69) is 5.32 Å². The number of amides is 1. The van der Waals surface area contributed by atoms with Crippen LogP contribution in [-0.2, 0) is 9.53 Å². The molecule has 2 aliphatic heterocycles. The van der Waals surface area contributed by atoms with E-state index in [1.165, 1.54) is 0 Å². The molecule has 1 N–H and O–H groups in total. The van der Waals surface area contributed by atoms with Gasteiger partial charge in [-0.2, -0.15) is 0 Å². The van der Waals surface area contributed by atoms with Gasteiger partial charge in [0.25, 0.3) is 0 Å². The Morgan fingerprint density at radius 3 is 3.08 bits per heavy atom. The first-order chi connectivity index (χ1) is 5.29. The van der Waals surface area contributed by atoms with Gasteiger partial charge in [0.2, 0.25) is 5.91 Å². The molecule has 0 aromatic carbocycles. The van der Waals surface area contributed by atoms with E-state index in [0.717, 1.165) is 13.1 Å². The number of rotatable bonds is 0. The molecule has 2 fully saturated rings. The van der Waals surface area contributed by atoms with E-state index in [9.17, 15) is 4.79 Å². The van der Waals surface area contributed by atoms with Crippen molar-refractivity contribution in [3.63, 3.8) is 0 Å². The van der Waals surface area contributed by atoms with Gasteiger partial charge in [0, 0.05) is 20.1 Å². The molecule has 12 heavy (non-hydrogen) atoms. The number of fused-ring (bicyclic) bond motifs is 1. The Balaban J connectivity index is 0.000000720. The highest BCUT2D eigenvalue weighted by Crippen LogP contribution is 2.15. The maximum absolute atomic E-state index is 11.1. The Hall–Kier alpha value is -0.320. The van der Waals surface area contributed by atoms with Crippen molar-refractivity contribution < 1.29 is 9.53 Å². The topological polar surface area (TPSA) is 41.6 Å². The molecule has 1 amide bonds. The molecule has 70 valence electrons. The van der Waals surface area contributed by atoms with Gasteiger partial charge in [0.15, 0.2) is 0 Å². The van der Waals surface area contributed by atoms with Crippen molar-refractivity contribution in [1.29, 1.82) is 0 Å².